The summed E-state index contributed by atoms with van der Waals surface area (Å²) in [5.41, 5.74) is 2.74. The molecule has 1 aliphatic heterocycles. The second-order valence-corrected chi connectivity index (χ2v) is 8.40. The van der Waals surface area contributed by atoms with Crippen LogP contribution in [0.25, 0.3) is 16.9 Å². The third-order valence-electron chi connectivity index (χ3n) is 5.26. The first-order valence-electron chi connectivity index (χ1n) is 9.73. The highest BCUT2D eigenvalue weighted by molar-refractivity contribution is 9.10. The number of hydrogen-bond donors (Lipinski definition) is 0. The summed E-state index contributed by atoms with van der Waals surface area (Å²) in [6, 6.07) is 14.8. The standard InChI is InChI=1S/C21H17BrClN7O/c22-17-4-2-1-3-16(17)21(31)29-11-9-28(10-12-29)19-18-20(25-13-24-19)30(27-26-18)15-7-5-14(23)6-8-15/h1-8,13H,9-12H2. The summed E-state index contributed by atoms with van der Waals surface area (Å²) in [5, 5.41) is 9.25. The molecule has 156 valence electrons. The molecule has 1 aliphatic rings. The maximum Gasteiger partial charge on any atom is 0.255 e. The molecule has 0 atom stereocenters. The van der Waals surface area contributed by atoms with Gasteiger partial charge >= 0.3 is 0 Å². The van der Waals surface area contributed by atoms with Gasteiger partial charge in [0, 0.05) is 35.7 Å². The molecule has 31 heavy (non-hydrogen) atoms. The molecule has 1 saturated heterocycles. The molecule has 1 amide bonds. The van der Waals surface area contributed by atoms with Gasteiger partial charge in [0.1, 0.15) is 6.33 Å². The Balaban J connectivity index is 1.37. The summed E-state index contributed by atoms with van der Waals surface area (Å²) < 4.78 is 2.47. The van der Waals surface area contributed by atoms with Gasteiger partial charge < -0.3 is 9.80 Å². The van der Waals surface area contributed by atoms with Gasteiger partial charge in [-0.3, -0.25) is 4.79 Å². The number of nitrogens with zero attached hydrogens (tertiary/aromatic N) is 7. The lowest BCUT2D eigenvalue weighted by Crippen LogP contribution is -2.49. The monoisotopic (exact) mass is 497 g/mol. The minimum atomic E-state index is 0.0219. The number of carbonyl (C=O) groups is 1. The van der Waals surface area contributed by atoms with Gasteiger partial charge in [-0.05, 0) is 52.3 Å². The Morgan fingerprint density at radius 1 is 0.968 bits per heavy atom. The number of hydrogen-bond acceptors (Lipinski definition) is 6. The number of amides is 1. The predicted molar refractivity (Wildman–Crippen MR) is 122 cm³/mol. The minimum Gasteiger partial charge on any atom is -0.351 e. The van der Waals surface area contributed by atoms with E-state index in [2.05, 4.69) is 41.1 Å². The molecule has 0 saturated carbocycles. The van der Waals surface area contributed by atoms with E-state index in [0.29, 0.717) is 47.9 Å². The summed E-state index contributed by atoms with van der Waals surface area (Å²) in [6.07, 6.45) is 1.52. The highest BCUT2D eigenvalue weighted by atomic mass is 79.9. The maximum absolute atomic E-state index is 12.9. The number of rotatable bonds is 3. The van der Waals surface area contributed by atoms with Crippen LogP contribution in [-0.4, -0.2) is 61.9 Å². The zero-order valence-corrected chi connectivity index (χ0v) is 18.7. The molecule has 10 heteroatoms. The van der Waals surface area contributed by atoms with Crippen LogP contribution in [-0.2, 0) is 0 Å². The van der Waals surface area contributed by atoms with Crippen molar-refractivity contribution in [1.29, 1.82) is 0 Å². The van der Waals surface area contributed by atoms with Crippen LogP contribution in [0, 0.1) is 0 Å². The van der Waals surface area contributed by atoms with Crippen LogP contribution >= 0.6 is 27.5 Å². The predicted octanol–water partition coefficient (Wildman–Crippen LogP) is 3.59. The van der Waals surface area contributed by atoms with E-state index in [9.17, 15) is 4.79 Å². The van der Waals surface area contributed by atoms with E-state index >= 15 is 0 Å². The van der Waals surface area contributed by atoms with Crippen LogP contribution in [0.15, 0.2) is 59.3 Å². The number of aromatic nitrogens is 5. The van der Waals surface area contributed by atoms with Crippen molar-refractivity contribution in [3.63, 3.8) is 0 Å². The van der Waals surface area contributed by atoms with E-state index in [-0.39, 0.29) is 5.91 Å². The lowest BCUT2D eigenvalue weighted by Gasteiger charge is -2.35. The van der Waals surface area contributed by atoms with Crippen molar-refractivity contribution in [2.24, 2.45) is 0 Å². The SMILES string of the molecule is O=C(c1ccccc1Br)N1CCN(c2ncnc3c2nnn3-c2ccc(Cl)cc2)CC1. The summed E-state index contributed by atoms with van der Waals surface area (Å²) in [5.74, 6) is 0.742. The maximum atomic E-state index is 12.9. The first-order chi connectivity index (χ1) is 15.1. The molecule has 2 aromatic heterocycles. The molecule has 4 aromatic rings. The summed E-state index contributed by atoms with van der Waals surface area (Å²) >= 11 is 9.46. The van der Waals surface area contributed by atoms with Crippen LogP contribution in [0.5, 0.6) is 0 Å². The van der Waals surface area contributed by atoms with Crippen LogP contribution in [0.3, 0.4) is 0 Å². The highest BCUT2D eigenvalue weighted by Crippen LogP contribution is 2.25. The molecule has 1 fully saturated rings. The van der Waals surface area contributed by atoms with Crippen molar-refractivity contribution < 1.29 is 4.79 Å². The summed E-state index contributed by atoms with van der Waals surface area (Å²) in [4.78, 5) is 25.7. The third kappa shape index (κ3) is 3.75. The van der Waals surface area contributed by atoms with Crippen LogP contribution < -0.4 is 4.90 Å². The fraction of sp³-hybridized carbons (Fsp3) is 0.190. The molecular weight excluding hydrogens is 482 g/mol. The zero-order valence-electron chi connectivity index (χ0n) is 16.3. The van der Waals surface area contributed by atoms with Gasteiger partial charge in [0.05, 0.1) is 11.3 Å². The van der Waals surface area contributed by atoms with Crippen LogP contribution in [0.2, 0.25) is 5.02 Å². The Hall–Kier alpha value is -3.04. The van der Waals surface area contributed by atoms with Crippen LogP contribution in [0.1, 0.15) is 10.4 Å². The molecule has 3 heterocycles. The van der Waals surface area contributed by atoms with E-state index in [1.807, 2.05) is 41.3 Å². The van der Waals surface area contributed by atoms with Crippen molar-refractivity contribution in [2.75, 3.05) is 31.1 Å². The Kier molecular flexibility index (Phi) is 5.29. The second-order valence-electron chi connectivity index (χ2n) is 7.11. The molecule has 0 spiro atoms. The van der Waals surface area contributed by atoms with Crippen molar-refractivity contribution in [3.05, 3.63) is 69.9 Å². The lowest BCUT2D eigenvalue weighted by atomic mass is 10.2. The molecule has 8 nitrogen and oxygen atoms in total. The van der Waals surface area contributed by atoms with E-state index in [4.69, 9.17) is 11.6 Å². The average Bonchev–Trinajstić information content (AvgIpc) is 3.24. The lowest BCUT2D eigenvalue weighted by molar-refractivity contribution is 0.0745. The Morgan fingerprint density at radius 2 is 1.71 bits per heavy atom. The van der Waals surface area contributed by atoms with Crippen molar-refractivity contribution >= 4 is 50.4 Å². The van der Waals surface area contributed by atoms with Gasteiger partial charge in [-0.2, -0.15) is 4.68 Å². The first-order valence-corrected chi connectivity index (χ1v) is 10.9. The number of fused-ring (bicyclic) bond motifs is 1. The molecule has 2 aromatic carbocycles. The minimum absolute atomic E-state index is 0.0219. The average molecular weight is 499 g/mol. The zero-order chi connectivity index (χ0) is 21.4. The third-order valence-corrected chi connectivity index (χ3v) is 6.20. The van der Waals surface area contributed by atoms with E-state index < -0.39 is 0 Å². The Morgan fingerprint density at radius 3 is 2.45 bits per heavy atom. The summed E-state index contributed by atoms with van der Waals surface area (Å²) in [7, 11) is 0. The fourth-order valence-electron chi connectivity index (χ4n) is 3.65. The van der Waals surface area contributed by atoms with Crippen LogP contribution in [0.4, 0.5) is 5.82 Å². The molecule has 0 radical (unpaired) electrons. The van der Waals surface area contributed by atoms with Gasteiger partial charge in [0.25, 0.3) is 5.91 Å². The number of piperazine rings is 1. The molecule has 0 N–H and O–H groups in total. The van der Waals surface area contributed by atoms with Gasteiger partial charge in [-0.15, -0.1) is 5.10 Å². The molecule has 5 rings (SSSR count). The fourth-order valence-corrected chi connectivity index (χ4v) is 4.23. The van der Waals surface area contributed by atoms with Crippen molar-refractivity contribution in [2.45, 2.75) is 0 Å². The van der Waals surface area contributed by atoms with Crippen molar-refractivity contribution in [1.82, 2.24) is 29.9 Å². The van der Waals surface area contributed by atoms with Gasteiger partial charge in [0.2, 0.25) is 0 Å². The number of carbonyl (C=O) groups excluding carboxylic acids is 1. The molecule has 0 unspecified atom stereocenters. The van der Waals surface area contributed by atoms with Crippen molar-refractivity contribution in [3.8, 4) is 5.69 Å². The van der Waals surface area contributed by atoms with E-state index in [1.54, 1.807) is 16.8 Å². The molecule has 0 bridgehead atoms. The second kappa shape index (κ2) is 8.24. The molecular formula is C21H17BrClN7O. The van der Waals surface area contributed by atoms with Gasteiger partial charge in [0.15, 0.2) is 17.0 Å². The van der Waals surface area contributed by atoms with Gasteiger partial charge in [-0.25, -0.2) is 9.97 Å². The topological polar surface area (TPSA) is 80.0 Å². The van der Waals surface area contributed by atoms with E-state index in [0.717, 1.165) is 16.0 Å². The Bertz CT molecular complexity index is 1250. The quantitative estimate of drug-likeness (QED) is 0.429. The smallest absolute Gasteiger partial charge is 0.255 e. The number of benzene rings is 2. The first kappa shape index (κ1) is 19.9. The Labute approximate surface area is 191 Å². The van der Waals surface area contributed by atoms with Gasteiger partial charge in [-0.1, -0.05) is 28.9 Å². The number of halogens is 2. The summed E-state index contributed by atoms with van der Waals surface area (Å²) in [6.45, 7) is 2.49. The largest absolute Gasteiger partial charge is 0.351 e. The number of anilines is 1. The normalized spacial score (nSPS) is 14.3. The van der Waals surface area contributed by atoms with E-state index in [1.165, 1.54) is 6.33 Å². The highest BCUT2D eigenvalue weighted by Gasteiger charge is 2.26. The molecule has 0 aliphatic carbocycles.